The predicted octanol–water partition coefficient (Wildman–Crippen LogP) is 2.42. The van der Waals surface area contributed by atoms with Gasteiger partial charge in [0.15, 0.2) is 5.71 Å². The van der Waals surface area contributed by atoms with Crippen LogP contribution >= 0.6 is 0 Å². The van der Waals surface area contributed by atoms with E-state index in [0.29, 0.717) is 5.69 Å². The van der Waals surface area contributed by atoms with Crippen LogP contribution < -0.4 is 5.43 Å². The third-order valence-electron chi connectivity index (χ3n) is 2.08. The second-order valence-electron chi connectivity index (χ2n) is 3.27. The first-order valence-electron chi connectivity index (χ1n) is 5.10. The Morgan fingerprint density at radius 2 is 1.88 bits per heavy atom. The maximum atomic E-state index is 9.00. The first-order valence-corrected chi connectivity index (χ1v) is 5.10. The number of rotatable bonds is 3. The van der Waals surface area contributed by atoms with Gasteiger partial charge in [-0.15, -0.1) is 0 Å². The number of aromatic nitrogens is 1. The van der Waals surface area contributed by atoms with Gasteiger partial charge in [0.05, 0.1) is 5.69 Å². The van der Waals surface area contributed by atoms with Crippen LogP contribution in [0.15, 0.2) is 59.8 Å². The Bertz CT molecular complexity index is 541. The molecule has 0 aliphatic heterocycles. The Kier molecular flexibility index (Phi) is 3.46. The molecule has 0 saturated heterocycles. The third-order valence-corrected chi connectivity index (χ3v) is 2.08. The van der Waals surface area contributed by atoms with Gasteiger partial charge in [0.2, 0.25) is 0 Å². The molecule has 0 radical (unpaired) electrons. The molecule has 0 aliphatic rings. The van der Waals surface area contributed by atoms with Gasteiger partial charge >= 0.3 is 0 Å². The van der Waals surface area contributed by atoms with Gasteiger partial charge in [-0.05, 0) is 24.3 Å². The highest BCUT2D eigenvalue weighted by atomic mass is 15.3. The monoisotopic (exact) mass is 222 g/mol. The minimum Gasteiger partial charge on any atom is -0.277 e. The number of anilines is 1. The first-order chi connectivity index (χ1) is 8.40. The number of nitrogens with zero attached hydrogens (tertiary/aromatic N) is 3. The fraction of sp³-hybridized carbons (Fsp3) is 0. The van der Waals surface area contributed by atoms with Crippen molar-refractivity contribution >= 4 is 11.4 Å². The summed E-state index contributed by atoms with van der Waals surface area (Å²) in [6, 6.07) is 16.8. The number of nitrogens with one attached hydrogen (secondary N) is 1. The van der Waals surface area contributed by atoms with E-state index in [1.54, 1.807) is 18.3 Å². The number of pyridine rings is 1. The van der Waals surface area contributed by atoms with E-state index in [2.05, 4.69) is 15.5 Å². The highest BCUT2D eigenvalue weighted by Gasteiger charge is 2.02. The van der Waals surface area contributed by atoms with Crippen LogP contribution in [0.25, 0.3) is 0 Å². The van der Waals surface area contributed by atoms with Crippen LogP contribution in [0.1, 0.15) is 5.69 Å². The van der Waals surface area contributed by atoms with E-state index >= 15 is 0 Å². The lowest BCUT2D eigenvalue weighted by atomic mass is 10.2. The number of nitriles is 1. The molecular weight excluding hydrogens is 212 g/mol. The molecule has 17 heavy (non-hydrogen) atoms. The average Bonchev–Trinajstić information content (AvgIpc) is 2.42. The van der Waals surface area contributed by atoms with Crippen LogP contribution in [-0.2, 0) is 0 Å². The summed E-state index contributed by atoms with van der Waals surface area (Å²) in [5.74, 6) is 0. The molecule has 4 nitrogen and oxygen atoms in total. The highest BCUT2D eigenvalue weighted by Crippen LogP contribution is 2.05. The molecule has 0 fully saturated rings. The van der Waals surface area contributed by atoms with Crippen LogP contribution in [0.4, 0.5) is 5.69 Å². The van der Waals surface area contributed by atoms with E-state index in [4.69, 9.17) is 5.26 Å². The van der Waals surface area contributed by atoms with Crippen molar-refractivity contribution in [1.82, 2.24) is 4.98 Å². The average molecular weight is 222 g/mol. The van der Waals surface area contributed by atoms with Crippen molar-refractivity contribution in [2.24, 2.45) is 5.10 Å². The maximum absolute atomic E-state index is 9.00. The minimum absolute atomic E-state index is 0.259. The Morgan fingerprint density at radius 1 is 1.12 bits per heavy atom. The molecule has 0 unspecified atom stereocenters. The predicted molar refractivity (Wildman–Crippen MR) is 66.5 cm³/mol. The van der Waals surface area contributed by atoms with Gasteiger partial charge in [0.1, 0.15) is 11.8 Å². The Balaban J connectivity index is 2.18. The molecule has 0 spiro atoms. The molecule has 0 aliphatic carbocycles. The summed E-state index contributed by atoms with van der Waals surface area (Å²) in [6.45, 7) is 0. The lowest BCUT2D eigenvalue weighted by molar-refractivity contribution is 1.26. The molecule has 0 amide bonds. The topological polar surface area (TPSA) is 61.1 Å². The van der Waals surface area contributed by atoms with Gasteiger partial charge in [-0.1, -0.05) is 24.3 Å². The molecule has 1 aromatic heterocycles. The van der Waals surface area contributed by atoms with Crippen molar-refractivity contribution in [2.45, 2.75) is 0 Å². The third kappa shape index (κ3) is 2.89. The van der Waals surface area contributed by atoms with Gasteiger partial charge in [0.25, 0.3) is 0 Å². The Hall–Kier alpha value is -2.67. The standard InChI is InChI=1S/C13H10N4/c14-10-13(12-8-4-5-9-15-12)17-16-11-6-2-1-3-7-11/h1-9,16H/b17-13+. The summed E-state index contributed by atoms with van der Waals surface area (Å²) in [4.78, 5) is 4.07. The highest BCUT2D eigenvalue weighted by molar-refractivity contribution is 6.10. The van der Waals surface area contributed by atoms with E-state index in [0.717, 1.165) is 5.69 Å². The van der Waals surface area contributed by atoms with Crippen LogP contribution in [-0.4, -0.2) is 10.7 Å². The summed E-state index contributed by atoms with van der Waals surface area (Å²) < 4.78 is 0. The molecule has 1 N–H and O–H groups in total. The van der Waals surface area contributed by atoms with Crippen molar-refractivity contribution in [3.05, 3.63) is 60.4 Å². The number of hydrazone groups is 1. The second kappa shape index (κ2) is 5.42. The fourth-order valence-corrected chi connectivity index (χ4v) is 1.28. The summed E-state index contributed by atoms with van der Waals surface area (Å²) >= 11 is 0. The van der Waals surface area contributed by atoms with E-state index in [1.165, 1.54) is 0 Å². The lowest BCUT2D eigenvalue weighted by Crippen LogP contribution is -2.03. The normalized spacial score (nSPS) is 10.6. The van der Waals surface area contributed by atoms with Gasteiger partial charge < -0.3 is 0 Å². The summed E-state index contributed by atoms with van der Waals surface area (Å²) in [7, 11) is 0. The van der Waals surface area contributed by atoms with E-state index in [9.17, 15) is 0 Å². The largest absolute Gasteiger partial charge is 0.277 e. The molecule has 1 aromatic carbocycles. The molecule has 0 atom stereocenters. The summed E-state index contributed by atoms with van der Waals surface area (Å²) in [5, 5.41) is 13.0. The number of hydrogen-bond acceptors (Lipinski definition) is 4. The number of benzene rings is 1. The molecule has 4 heteroatoms. The Morgan fingerprint density at radius 3 is 2.53 bits per heavy atom. The molecule has 1 heterocycles. The van der Waals surface area contributed by atoms with Gasteiger partial charge in [-0.25, -0.2) is 0 Å². The zero-order valence-corrected chi connectivity index (χ0v) is 9.04. The molecule has 2 rings (SSSR count). The zero-order chi connectivity index (χ0) is 11.9. The van der Waals surface area contributed by atoms with E-state index in [1.807, 2.05) is 42.5 Å². The molecule has 0 bridgehead atoms. The minimum atomic E-state index is 0.259. The molecule has 2 aromatic rings. The smallest absolute Gasteiger partial charge is 0.186 e. The van der Waals surface area contributed by atoms with Crippen LogP contribution in [0.5, 0.6) is 0 Å². The Labute approximate surface area is 99.2 Å². The van der Waals surface area contributed by atoms with E-state index in [-0.39, 0.29) is 5.71 Å². The van der Waals surface area contributed by atoms with Gasteiger partial charge in [-0.3, -0.25) is 10.4 Å². The molecule has 82 valence electrons. The number of para-hydroxylation sites is 1. The lowest BCUT2D eigenvalue weighted by Gasteiger charge is -2.00. The van der Waals surface area contributed by atoms with Gasteiger partial charge in [-0.2, -0.15) is 10.4 Å². The SMILES string of the molecule is N#C/C(=N\Nc1ccccc1)c1ccccn1. The van der Waals surface area contributed by atoms with Crippen LogP contribution in [0.2, 0.25) is 0 Å². The van der Waals surface area contributed by atoms with E-state index < -0.39 is 0 Å². The molecular formula is C13H10N4. The summed E-state index contributed by atoms with van der Waals surface area (Å²) in [6.07, 6.45) is 1.63. The number of hydrogen-bond donors (Lipinski definition) is 1. The van der Waals surface area contributed by atoms with Crippen molar-refractivity contribution < 1.29 is 0 Å². The van der Waals surface area contributed by atoms with Crippen LogP contribution in [0.3, 0.4) is 0 Å². The van der Waals surface area contributed by atoms with Gasteiger partial charge in [0, 0.05) is 6.20 Å². The zero-order valence-electron chi connectivity index (χ0n) is 9.04. The first kappa shape index (κ1) is 10.8. The van der Waals surface area contributed by atoms with Crippen LogP contribution in [0, 0.1) is 11.3 Å². The maximum Gasteiger partial charge on any atom is 0.186 e. The quantitative estimate of drug-likeness (QED) is 0.640. The molecule has 0 saturated carbocycles. The van der Waals surface area contributed by atoms with Crippen molar-refractivity contribution in [3.8, 4) is 6.07 Å². The van der Waals surface area contributed by atoms with Crippen molar-refractivity contribution in [3.63, 3.8) is 0 Å². The van der Waals surface area contributed by atoms with Crippen molar-refractivity contribution in [1.29, 1.82) is 5.26 Å². The summed E-state index contributed by atoms with van der Waals surface area (Å²) in [5.41, 5.74) is 4.46. The van der Waals surface area contributed by atoms with Crippen molar-refractivity contribution in [2.75, 3.05) is 5.43 Å². The second-order valence-corrected chi connectivity index (χ2v) is 3.27. The fourth-order valence-electron chi connectivity index (χ4n) is 1.28.